The third-order valence-electron chi connectivity index (χ3n) is 2.54. The Labute approximate surface area is 96.5 Å². The quantitative estimate of drug-likeness (QED) is 0.852. The lowest BCUT2D eigenvalue weighted by Gasteiger charge is -2.00. The topological polar surface area (TPSA) is 28.7 Å². The number of nitrogens with one attached hydrogen (secondary N) is 1. The van der Waals surface area contributed by atoms with Crippen LogP contribution in [0.2, 0.25) is 0 Å². The smallest absolute Gasteiger partial charge is 0.273 e. The normalized spacial score (nSPS) is 11.8. The second-order valence-electron chi connectivity index (χ2n) is 3.72. The standard InChI is InChI=1S/C12H11F3N2/c1-2-8-3-5-9(6-4-8)10-7-11(17-16-10)12(13,14)15/h3-7H,2H2,1H3,(H,16,17). The van der Waals surface area contributed by atoms with E-state index >= 15 is 0 Å². The van der Waals surface area contributed by atoms with Crippen LogP contribution in [0.5, 0.6) is 0 Å². The second kappa shape index (κ2) is 4.24. The average Bonchev–Trinajstić information content (AvgIpc) is 2.78. The van der Waals surface area contributed by atoms with Gasteiger partial charge in [-0.2, -0.15) is 18.3 Å². The van der Waals surface area contributed by atoms with Crippen LogP contribution in [0.15, 0.2) is 30.3 Å². The van der Waals surface area contributed by atoms with Crippen LogP contribution in [0, 0.1) is 0 Å². The van der Waals surface area contributed by atoms with E-state index in [4.69, 9.17) is 0 Å². The minimum Gasteiger partial charge on any atom is -0.273 e. The first-order chi connectivity index (χ1) is 8.00. The lowest BCUT2D eigenvalue weighted by molar-refractivity contribution is -0.141. The first-order valence-electron chi connectivity index (χ1n) is 5.22. The van der Waals surface area contributed by atoms with E-state index in [1.807, 2.05) is 24.2 Å². The number of halogens is 3. The monoisotopic (exact) mass is 240 g/mol. The van der Waals surface area contributed by atoms with Crippen LogP contribution in [-0.4, -0.2) is 10.2 Å². The summed E-state index contributed by atoms with van der Waals surface area (Å²) in [6.45, 7) is 2.02. The fourth-order valence-electron chi connectivity index (χ4n) is 1.53. The molecule has 90 valence electrons. The Balaban J connectivity index is 2.30. The molecular weight excluding hydrogens is 229 g/mol. The molecule has 0 atom stereocenters. The molecule has 0 aliphatic carbocycles. The molecule has 0 bridgehead atoms. The van der Waals surface area contributed by atoms with E-state index in [2.05, 4.69) is 5.10 Å². The van der Waals surface area contributed by atoms with Gasteiger partial charge in [0.05, 0.1) is 5.69 Å². The Hall–Kier alpha value is -1.78. The van der Waals surface area contributed by atoms with Gasteiger partial charge >= 0.3 is 6.18 Å². The highest BCUT2D eigenvalue weighted by molar-refractivity contribution is 5.59. The summed E-state index contributed by atoms with van der Waals surface area (Å²) in [4.78, 5) is 0. The fraction of sp³-hybridized carbons (Fsp3) is 0.250. The first kappa shape index (κ1) is 11.7. The van der Waals surface area contributed by atoms with Crippen LogP contribution in [-0.2, 0) is 12.6 Å². The first-order valence-corrected chi connectivity index (χ1v) is 5.22. The number of aromatic amines is 1. The summed E-state index contributed by atoms with van der Waals surface area (Å²) in [5, 5.41) is 5.66. The van der Waals surface area contributed by atoms with E-state index in [0.717, 1.165) is 18.1 Å². The average molecular weight is 240 g/mol. The third-order valence-corrected chi connectivity index (χ3v) is 2.54. The van der Waals surface area contributed by atoms with Crippen molar-refractivity contribution in [3.8, 4) is 11.3 Å². The third kappa shape index (κ3) is 2.49. The van der Waals surface area contributed by atoms with Crippen LogP contribution in [0.3, 0.4) is 0 Å². The van der Waals surface area contributed by atoms with Crippen LogP contribution >= 0.6 is 0 Å². The highest BCUT2D eigenvalue weighted by atomic mass is 19.4. The molecule has 2 nitrogen and oxygen atoms in total. The molecule has 1 heterocycles. The largest absolute Gasteiger partial charge is 0.432 e. The molecule has 0 saturated heterocycles. The number of aryl methyl sites for hydroxylation is 1. The van der Waals surface area contributed by atoms with E-state index in [1.165, 1.54) is 0 Å². The van der Waals surface area contributed by atoms with Crippen molar-refractivity contribution in [1.29, 1.82) is 0 Å². The SMILES string of the molecule is CCc1ccc(-c2cc(C(F)(F)F)[nH]n2)cc1. The molecule has 0 amide bonds. The maximum absolute atomic E-state index is 12.4. The van der Waals surface area contributed by atoms with Crippen molar-refractivity contribution in [1.82, 2.24) is 10.2 Å². The van der Waals surface area contributed by atoms with Crippen molar-refractivity contribution in [2.75, 3.05) is 0 Å². The summed E-state index contributed by atoms with van der Waals surface area (Å²) < 4.78 is 37.1. The molecule has 5 heteroatoms. The summed E-state index contributed by atoms with van der Waals surface area (Å²) in [7, 11) is 0. The van der Waals surface area contributed by atoms with Crippen LogP contribution in [0.1, 0.15) is 18.2 Å². The summed E-state index contributed by atoms with van der Waals surface area (Å²) in [6.07, 6.45) is -3.48. The molecule has 0 saturated carbocycles. The van der Waals surface area contributed by atoms with E-state index in [-0.39, 0.29) is 0 Å². The van der Waals surface area contributed by atoms with Gasteiger partial charge in [-0.25, -0.2) is 0 Å². The number of H-pyrrole nitrogens is 1. The Morgan fingerprint density at radius 3 is 2.29 bits per heavy atom. The predicted octanol–water partition coefficient (Wildman–Crippen LogP) is 3.66. The van der Waals surface area contributed by atoms with Crippen molar-refractivity contribution in [2.24, 2.45) is 0 Å². The van der Waals surface area contributed by atoms with Gasteiger partial charge in [0.25, 0.3) is 0 Å². The van der Waals surface area contributed by atoms with Crippen molar-refractivity contribution in [3.63, 3.8) is 0 Å². The molecule has 1 N–H and O–H groups in total. The zero-order valence-corrected chi connectivity index (χ0v) is 9.17. The summed E-state index contributed by atoms with van der Waals surface area (Å²) in [5.41, 5.74) is 1.29. The Morgan fingerprint density at radius 1 is 1.18 bits per heavy atom. The molecule has 17 heavy (non-hydrogen) atoms. The Kier molecular flexibility index (Phi) is 2.92. The van der Waals surface area contributed by atoms with Gasteiger partial charge in [0.1, 0.15) is 5.69 Å². The van der Waals surface area contributed by atoms with E-state index in [0.29, 0.717) is 11.3 Å². The maximum Gasteiger partial charge on any atom is 0.432 e. The molecule has 0 aliphatic rings. The predicted molar refractivity (Wildman–Crippen MR) is 58.4 cm³/mol. The van der Waals surface area contributed by atoms with E-state index in [1.54, 1.807) is 12.1 Å². The molecule has 1 aromatic carbocycles. The molecular formula is C12H11F3N2. The van der Waals surface area contributed by atoms with Crippen LogP contribution < -0.4 is 0 Å². The lowest BCUT2D eigenvalue weighted by atomic mass is 10.1. The molecule has 2 aromatic rings. The van der Waals surface area contributed by atoms with Gasteiger partial charge in [-0.05, 0) is 18.1 Å². The number of benzene rings is 1. The van der Waals surface area contributed by atoms with Gasteiger partial charge in [0.2, 0.25) is 0 Å². The number of rotatable bonds is 2. The maximum atomic E-state index is 12.4. The van der Waals surface area contributed by atoms with E-state index < -0.39 is 11.9 Å². The zero-order valence-electron chi connectivity index (χ0n) is 9.17. The second-order valence-corrected chi connectivity index (χ2v) is 3.72. The molecule has 0 fully saturated rings. The van der Waals surface area contributed by atoms with Crippen molar-refractivity contribution in [3.05, 3.63) is 41.6 Å². The zero-order chi connectivity index (χ0) is 12.5. The van der Waals surface area contributed by atoms with Gasteiger partial charge < -0.3 is 0 Å². The number of nitrogens with zero attached hydrogens (tertiary/aromatic N) is 1. The lowest BCUT2D eigenvalue weighted by Crippen LogP contribution is -2.04. The Morgan fingerprint density at radius 2 is 1.82 bits per heavy atom. The summed E-state index contributed by atoms with van der Waals surface area (Å²) in [5.74, 6) is 0. The van der Waals surface area contributed by atoms with Gasteiger partial charge in [0.15, 0.2) is 0 Å². The highest BCUT2D eigenvalue weighted by Gasteiger charge is 2.33. The number of hydrogen-bond acceptors (Lipinski definition) is 1. The molecule has 0 unspecified atom stereocenters. The molecule has 0 spiro atoms. The Bertz CT molecular complexity index is 497. The molecule has 1 aromatic heterocycles. The number of alkyl halides is 3. The molecule has 0 aliphatic heterocycles. The van der Waals surface area contributed by atoms with Gasteiger partial charge in [-0.1, -0.05) is 31.2 Å². The van der Waals surface area contributed by atoms with Crippen LogP contribution in [0.25, 0.3) is 11.3 Å². The molecule has 0 radical (unpaired) electrons. The highest BCUT2D eigenvalue weighted by Crippen LogP contribution is 2.30. The van der Waals surface area contributed by atoms with Gasteiger partial charge in [-0.15, -0.1) is 0 Å². The van der Waals surface area contributed by atoms with Crippen molar-refractivity contribution in [2.45, 2.75) is 19.5 Å². The minimum absolute atomic E-state index is 0.306. The van der Waals surface area contributed by atoms with E-state index in [9.17, 15) is 13.2 Å². The van der Waals surface area contributed by atoms with Crippen molar-refractivity contribution >= 4 is 0 Å². The fourth-order valence-corrected chi connectivity index (χ4v) is 1.53. The minimum atomic E-state index is -4.38. The molecule has 2 rings (SSSR count). The van der Waals surface area contributed by atoms with Crippen LogP contribution in [0.4, 0.5) is 13.2 Å². The number of aromatic nitrogens is 2. The van der Waals surface area contributed by atoms with Gasteiger partial charge in [-0.3, -0.25) is 5.10 Å². The van der Waals surface area contributed by atoms with Crippen molar-refractivity contribution < 1.29 is 13.2 Å². The summed E-state index contributed by atoms with van der Waals surface area (Å²) in [6, 6.07) is 8.33. The summed E-state index contributed by atoms with van der Waals surface area (Å²) >= 11 is 0. The van der Waals surface area contributed by atoms with Gasteiger partial charge in [0, 0.05) is 5.56 Å². The number of hydrogen-bond donors (Lipinski definition) is 1.